The molecule has 1 nitrogen and oxygen atoms in total. The average Bonchev–Trinajstić information content (AvgIpc) is 2.05. The van der Waals surface area contributed by atoms with Crippen molar-refractivity contribution in [1.29, 1.82) is 0 Å². The second-order valence-corrected chi connectivity index (χ2v) is 3.77. The van der Waals surface area contributed by atoms with Crippen LogP contribution in [0.2, 0.25) is 0 Å². The molecule has 0 spiro atoms. The second kappa shape index (κ2) is 8.55. The summed E-state index contributed by atoms with van der Waals surface area (Å²) in [6.07, 6.45) is 8.49. The number of hydrogen-bond acceptors (Lipinski definition) is 1. The van der Waals surface area contributed by atoms with Gasteiger partial charge in [0, 0.05) is 6.04 Å². The van der Waals surface area contributed by atoms with Gasteiger partial charge in [-0.05, 0) is 32.9 Å². The summed E-state index contributed by atoms with van der Waals surface area (Å²) in [6, 6.07) is 0.937. The predicted molar refractivity (Wildman–Crippen MR) is 61.1 cm³/mol. The smallest absolute Gasteiger partial charge is 0.00922 e. The highest BCUT2D eigenvalue weighted by Gasteiger charge is 2.20. The molecular weight excluding hydrogens is 158 g/mol. The topological polar surface area (TPSA) is 3.24 Å². The molecule has 0 heterocycles. The highest BCUT2D eigenvalue weighted by molar-refractivity contribution is 4.77. The van der Waals surface area contributed by atoms with Crippen LogP contribution in [0, 0.1) is 0 Å². The molecule has 0 amide bonds. The summed E-state index contributed by atoms with van der Waals surface area (Å²) in [7, 11) is 2.28. The van der Waals surface area contributed by atoms with Crippen LogP contribution in [-0.4, -0.2) is 24.5 Å². The van der Waals surface area contributed by atoms with Gasteiger partial charge in [0.2, 0.25) is 0 Å². The first-order chi connectivity index (χ1) is 6.34. The van der Waals surface area contributed by atoms with E-state index in [9.17, 15) is 0 Å². The molecule has 1 aliphatic rings. The Morgan fingerprint density at radius 1 is 1.15 bits per heavy atom. The fraction of sp³-hybridized carbons (Fsp3) is 1.00. The lowest BCUT2D eigenvalue weighted by molar-refractivity contribution is 0.157. The van der Waals surface area contributed by atoms with Gasteiger partial charge in [0.1, 0.15) is 0 Å². The molecule has 0 saturated heterocycles. The van der Waals surface area contributed by atoms with Crippen molar-refractivity contribution < 1.29 is 0 Å². The Bertz CT molecular complexity index is 97.3. The van der Waals surface area contributed by atoms with E-state index in [1.54, 1.807) is 0 Å². The molecule has 0 aromatic heterocycles. The average molecular weight is 185 g/mol. The molecule has 80 valence electrons. The van der Waals surface area contributed by atoms with Crippen molar-refractivity contribution in [3.63, 3.8) is 0 Å². The van der Waals surface area contributed by atoms with Gasteiger partial charge >= 0.3 is 0 Å². The lowest BCUT2D eigenvalue weighted by atomic mass is 9.92. The van der Waals surface area contributed by atoms with Crippen LogP contribution in [0.4, 0.5) is 0 Å². The Hall–Kier alpha value is -0.0400. The van der Waals surface area contributed by atoms with Crippen LogP contribution in [-0.2, 0) is 0 Å². The molecule has 0 unspecified atom stereocenters. The van der Waals surface area contributed by atoms with Crippen LogP contribution in [0.25, 0.3) is 0 Å². The highest BCUT2D eigenvalue weighted by Crippen LogP contribution is 2.23. The Labute approximate surface area is 84.5 Å². The molecule has 0 N–H and O–H groups in total. The third kappa shape index (κ3) is 5.30. The van der Waals surface area contributed by atoms with Gasteiger partial charge in [-0.15, -0.1) is 0 Å². The van der Waals surface area contributed by atoms with Crippen LogP contribution >= 0.6 is 0 Å². The van der Waals surface area contributed by atoms with Gasteiger partial charge in [0.05, 0.1) is 0 Å². The molecule has 0 aliphatic heterocycles. The third-order valence-electron chi connectivity index (χ3n) is 2.81. The molecule has 13 heavy (non-hydrogen) atoms. The van der Waals surface area contributed by atoms with E-state index in [2.05, 4.69) is 18.9 Å². The first kappa shape index (κ1) is 13.0. The normalized spacial score (nSPS) is 16.4. The second-order valence-electron chi connectivity index (χ2n) is 3.77. The summed E-state index contributed by atoms with van der Waals surface area (Å²) in [6.45, 7) is 7.59. The van der Waals surface area contributed by atoms with Crippen molar-refractivity contribution in [1.82, 2.24) is 4.90 Å². The Kier molecular flexibility index (Phi) is 8.53. The SMILES string of the molecule is CC.CCCCCN(C)C1CCC1. The monoisotopic (exact) mass is 185 g/mol. The van der Waals surface area contributed by atoms with E-state index in [4.69, 9.17) is 0 Å². The fourth-order valence-electron chi connectivity index (χ4n) is 1.62. The van der Waals surface area contributed by atoms with E-state index in [1.165, 1.54) is 45.1 Å². The maximum atomic E-state index is 2.54. The quantitative estimate of drug-likeness (QED) is 0.590. The van der Waals surface area contributed by atoms with E-state index >= 15 is 0 Å². The van der Waals surface area contributed by atoms with Crippen molar-refractivity contribution >= 4 is 0 Å². The van der Waals surface area contributed by atoms with Gasteiger partial charge in [0.15, 0.2) is 0 Å². The maximum Gasteiger partial charge on any atom is 0.00922 e. The van der Waals surface area contributed by atoms with Crippen molar-refractivity contribution in [2.24, 2.45) is 0 Å². The molecule has 1 rings (SSSR count). The van der Waals surface area contributed by atoms with Gasteiger partial charge in [-0.2, -0.15) is 0 Å². The summed E-state index contributed by atoms with van der Waals surface area (Å²) in [4.78, 5) is 2.54. The van der Waals surface area contributed by atoms with Gasteiger partial charge in [0.25, 0.3) is 0 Å². The molecule has 0 aromatic rings. The minimum Gasteiger partial charge on any atom is -0.303 e. The molecule has 0 bridgehead atoms. The Balaban J connectivity index is 0.000000671. The summed E-state index contributed by atoms with van der Waals surface area (Å²) < 4.78 is 0. The number of unbranched alkanes of at least 4 members (excludes halogenated alkanes) is 2. The van der Waals surface area contributed by atoms with Crippen molar-refractivity contribution in [3.8, 4) is 0 Å². The van der Waals surface area contributed by atoms with E-state index in [1.807, 2.05) is 13.8 Å². The first-order valence-corrected chi connectivity index (χ1v) is 6.05. The molecule has 1 aliphatic carbocycles. The first-order valence-electron chi connectivity index (χ1n) is 6.05. The summed E-state index contributed by atoms with van der Waals surface area (Å²) in [5, 5.41) is 0. The Morgan fingerprint density at radius 3 is 2.15 bits per heavy atom. The van der Waals surface area contributed by atoms with Crippen LogP contribution in [0.1, 0.15) is 59.3 Å². The maximum absolute atomic E-state index is 2.54. The lowest BCUT2D eigenvalue weighted by Crippen LogP contribution is -2.37. The molecule has 1 saturated carbocycles. The third-order valence-corrected chi connectivity index (χ3v) is 2.81. The van der Waals surface area contributed by atoms with Crippen LogP contribution in [0.5, 0.6) is 0 Å². The predicted octanol–water partition coefficient (Wildman–Crippen LogP) is 3.69. The molecule has 1 heteroatoms. The van der Waals surface area contributed by atoms with Gasteiger partial charge in [-0.1, -0.05) is 40.0 Å². The highest BCUT2D eigenvalue weighted by atomic mass is 15.1. The minimum atomic E-state index is 0.937. The molecular formula is C12H27N. The number of nitrogens with zero attached hydrogens (tertiary/aromatic N) is 1. The zero-order valence-corrected chi connectivity index (χ0v) is 9.97. The summed E-state index contributed by atoms with van der Waals surface area (Å²) >= 11 is 0. The number of hydrogen-bond donors (Lipinski definition) is 0. The molecule has 1 fully saturated rings. The van der Waals surface area contributed by atoms with Crippen molar-refractivity contribution in [2.75, 3.05) is 13.6 Å². The zero-order chi connectivity index (χ0) is 10.1. The summed E-state index contributed by atoms with van der Waals surface area (Å²) in [5.74, 6) is 0. The molecule has 0 atom stereocenters. The van der Waals surface area contributed by atoms with Crippen LogP contribution < -0.4 is 0 Å². The molecule has 0 aromatic carbocycles. The van der Waals surface area contributed by atoms with Crippen LogP contribution in [0.15, 0.2) is 0 Å². The van der Waals surface area contributed by atoms with Gasteiger partial charge in [-0.25, -0.2) is 0 Å². The van der Waals surface area contributed by atoms with E-state index in [0.717, 1.165) is 6.04 Å². The Morgan fingerprint density at radius 2 is 1.77 bits per heavy atom. The van der Waals surface area contributed by atoms with E-state index < -0.39 is 0 Å². The molecule has 0 radical (unpaired) electrons. The fourth-order valence-corrected chi connectivity index (χ4v) is 1.62. The largest absolute Gasteiger partial charge is 0.303 e. The van der Waals surface area contributed by atoms with Crippen molar-refractivity contribution in [3.05, 3.63) is 0 Å². The standard InChI is InChI=1S/C10H21N.C2H6/c1-3-4-5-9-11(2)10-7-6-8-10;1-2/h10H,3-9H2,1-2H3;1-2H3. The van der Waals surface area contributed by atoms with Gasteiger partial charge < -0.3 is 4.90 Å². The lowest BCUT2D eigenvalue weighted by Gasteiger charge is -2.34. The van der Waals surface area contributed by atoms with E-state index in [-0.39, 0.29) is 0 Å². The zero-order valence-electron chi connectivity index (χ0n) is 9.97. The number of rotatable bonds is 5. The van der Waals surface area contributed by atoms with E-state index in [0.29, 0.717) is 0 Å². The minimum absolute atomic E-state index is 0.937. The van der Waals surface area contributed by atoms with Gasteiger partial charge in [-0.3, -0.25) is 0 Å². The summed E-state index contributed by atoms with van der Waals surface area (Å²) in [5.41, 5.74) is 0. The van der Waals surface area contributed by atoms with Crippen molar-refractivity contribution in [2.45, 2.75) is 65.3 Å². The van der Waals surface area contributed by atoms with Crippen LogP contribution in [0.3, 0.4) is 0 Å².